The zero-order chi connectivity index (χ0) is 12.3. The molecule has 0 unspecified atom stereocenters. The maximum Gasteiger partial charge on any atom is 0.183 e. The fourth-order valence-corrected chi connectivity index (χ4v) is 2.33. The Morgan fingerprint density at radius 3 is 2.65 bits per heavy atom. The van der Waals surface area contributed by atoms with Crippen LogP contribution in [0.15, 0.2) is 24.4 Å². The van der Waals surface area contributed by atoms with Crippen molar-refractivity contribution in [2.24, 2.45) is 0 Å². The second kappa shape index (κ2) is 5.23. The van der Waals surface area contributed by atoms with Crippen molar-refractivity contribution in [2.45, 2.75) is 13.3 Å². The SMILES string of the molecule is CCCNc1ncc(-c2c(F)cccc2F)s1. The van der Waals surface area contributed by atoms with E-state index in [1.54, 1.807) is 0 Å². The van der Waals surface area contributed by atoms with Crippen LogP contribution in [0.5, 0.6) is 0 Å². The molecule has 0 atom stereocenters. The summed E-state index contributed by atoms with van der Waals surface area (Å²) in [4.78, 5) is 4.59. The minimum atomic E-state index is -0.560. The number of anilines is 1. The zero-order valence-corrected chi connectivity index (χ0v) is 10.2. The Morgan fingerprint density at radius 2 is 2.00 bits per heavy atom. The molecule has 2 aromatic rings. The normalized spacial score (nSPS) is 10.5. The molecule has 0 aliphatic carbocycles. The first kappa shape index (κ1) is 12.0. The average Bonchev–Trinajstić information content (AvgIpc) is 2.75. The first-order valence-electron chi connectivity index (χ1n) is 5.36. The van der Waals surface area contributed by atoms with Crippen LogP contribution in [-0.2, 0) is 0 Å². The number of nitrogens with zero attached hydrogens (tertiary/aromatic N) is 1. The lowest BCUT2D eigenvalue weighted by Gasteiger charge is -2.00. The third-order valence-corrected chi connectivity index (χ3v) is 3.21. The molecule has 1 aromatic heterocycles. The van der Waals surface area contributed by atoms with Crippen molar-refractivity contribution in [3.05, 3.63) is 36.0 Å². The Balaban J connectivity index is 2.30. The second-order valence-electron chi connectivity index (χ2n) is 3.55. The molecule has 2 rings (SSSR count). The fourth-order valence-electron chi connectivity index (χ4n) is 1.44. The smallest absolute Gasteiger partial charge is 0.183 e. The van der Waals surface area contributed by atoms with Gasteiger partial charge >= 0.3 is 0 Å². The van der Waals surface area contributed by atoms with E-state index in [1.165, 1.54) is 35.7 Å². The molecule has 5 heteroatoms. The molecule has 17 heavy (non-hydrogen) atoms. The lowest BCUT2D eigenvalue weighted by molar-refractivity contribution is 0.590. The number of thiazole rings is 1. The number of aromatic nitrogens is 1. The van der Waals surface area contributed by atoms with Gasteiger partial charge in [0.25, 0.3) is 0 Å². The lowest BCUT2D eigenvalue weighted by Crippen LogP contribution is -1.97. The van der Waals surface area contributed by atoms with Crippen LogP contribution in [0.2, 0.25) is 0 Å². The Bertz CT molecular complexity index is 491. The first-order valence-corrected chi connectivity index (χ1v) is 6.18. The van der Waals surface area contributed by atoms with Gasteiger partial charge in [-0.05, 0) is 18.6 Å². The molecule has 0 amide bonds. The molecule has 0 fully saturated rings. The van der Waals surface area contributed by atoms with Gasteiger partial charge in [0.05, 0.1) is 10.4 Å². The summed E-state index contributed by atoms with van der Waals surface area (Å²) in [5.41, 5.74) is -0.00505. The second-order valence-corrected chi connectivity index (χ2v) is 4.58. The summed E-state index contributed by atoms with van der Waals surface area (Å²) in [6.07, 6.45) is 2.47. The van der Waals surface area contributed by atoms with Crippen LogP contribution in [0.25, 0.3) is 10.4 Å². The van der Waals surface area contributed by atoms with Gasteiger partial charge in [0.2, 0.25) is 0 Å². The van der Waals surface area contributed by atoms with Crippen LogP contribution in [0.1, 0.15) is 13.3 Å². The molecule has 90 valence electrons. The van der Waals surface area contributed by atoms with E-state index in [9.17, 15) is 8.78 Å². The van der Waals surface area contributed by atoms with Gasteiger partial charge in [-0.3, -0.25) is 0 Å². The van der Waals surface area contributed by atoms with Crippen molar-refractivity contribution < 1.29 is 8.78 Å². The van der Waals surface area contributed by atoms with Gasteiger partial charge in [0.1, 0.15) is 11.6 Å². The van der Waals surface area contributed by atoms with E-state index >= 15 is 0 Å². The lowest BCUT2D eigenvalue weighted by atomic mass is 10.2. The van der Waals surface area contributed by atoms with Crippen molar-refractivity contribution in [3.63, 3.8) is 0 Å². The van der Waals surface area contributed by atoms with E-state index in [0.717, 1.165) is 13.0 Å². The van der Waals surface area contributed by atoms with Crippen molar-refractivity contribution in [2.75, 3.05) is 11.9 Å². The summed E-state index contributed by atoms with van der Waals surface area (Å²) in [6, 6.07) is 3.85. The van der Waals surface area contributed by atoms with Crippen LogP contribution >= 0.6 is 11.3 Å². The molecule has 0 saturated carbocycles. The number of nitrogens with one attached hydrogen (secondary N) is 1. The van der Waals surface area contributed by atoms with Gasteiger partial charge in [0, 0.05) is 12.7 Å². The summed E-state index contributed by atoms with van der Waals surface area (Å²) in [7, 11) is 0. The maximum absolute atomic E-state index is 13.5. The van der Waals surface area contributed by atoms with Gasteiger partial charge in [0.15, 0.2) is 5.13 Å². The molecular weight excluding hydrogens is 242 g/mol. The van der Waals surface area contributed by atoms with Gasteiger partial charge in [-0.2, -0.15) is 0 Å². The molecule has 0 radical (unpaired) electrons. The largest absolute Gasteiger partial charge is 0.362 e. The zero-order valence-electron chi connectivity index (χ0n) is 9.34. The van der Waals surface area contributed by atoms with Gasteiger partial charge < -0.3 is 5.32 Å². The van der Waals surface area contributed by atoms with Crippen LogP contribution in [0, 0.1) is 11.6 Å². The summed E-state index contributed by atoms with van der Waals surface area (Å²) in [6.45, 7) is 2.84. The third kappa shape index (κ3) is 2.61. The van der Waals surface area contributed by atoms with Crippen molar-refractivity contribution in [1.82, 2.24) is 4.98 Å². The van der Waals surface area contributed by atoms with E-state index < -0.39 is 11.6 Å². The van der Waals surface area contributed by atoms with E-state index in [1.807, 2.05) is 6.92 Å². The van der Waals surface area contributed by atoms with E-state index in [-0.39, 0.29) is 5.56 Å². The van der Waals surface area contributed by atoms with Crippen LogP contribution < -0.4 is 5.32 Å². The topological polar surface area (TPSA) is 24.9 Å². The predicted molar refractivity (Wildman–Crippen MR) is 66.2 cm³/mol. The molecule has 0 aliphatic rings. The fraction of sp³-hybridized carbons (Fsp3) is 0.250. The van der Waals surface area contributed by atoms with E-state index in [2.05, 4.69) is 10.3 Å². The third-order valence-electron chi connectivity index (χ3n) is 2.24. The summed E-state index contributed by atoms with van der Waals surface area (Å²) < 4.78 is 27.0. The first-order chi connectivity index (χ1) is 8.22. The van der Waals surface area contributed by atoms with Crippen LogP contribution in [0.4, 0.5) is 13.9 Å². The Kier molecular flexibility index (Phi) is 3.68. The molecule has 2 nitrogen and oxygen atoms in total. The quantitative estimate of drug-likeness (QED) is 0.894. The Hall–Kier alpha value is -1.49. The number of hydrogen-bond acceptors (Lipinski definition) is 3. The number of hydrogen-bond donors (Lipinski definition) is 1. The minimum absolute atomic E-state index is 0.00505. The van der Waals surface area contributed by atoms with Gasteiger partial charge in [-0.15, -0.1) is 0 Å². The highest BCUT2D eigenvalue weighted by molar-refractivity contribution is 7.18. The van der Waals surface area contributed by atoms with Crippen LogP contribution in [0.3, 0.4) is 0 Å². The summed E-state index contributed by atoms with van der Waals surface area (Å²) >= 11 is 1.25. The average molecular weight is 254 g/mol. The molecule has 0 aliphatic heterocycles. The molecule has 0 bridgehead atoms. The Morgan fingerprint density at radius 1 is 1.29 bits per heavy atom. The highest BCUT2D eigenvalue weighted by Gasteiger charge is 2.13. The summed E-state index contributed by atoms with van der Waals surface area (Å²) in [5, 5.41) is 3.77. The predicted octanol–water partition coefficient (Wildman–Crippen LogP) is 3.91. The number of benzene rings is 1. The monoisotopic (exact) mass is 254 g/mol. The Labute approximate surface area is 102 Å². The number of halogens is 2. The van der Waals surface area contributed by atoms with Crippen LogP contribution in [-0.4, -0.2) is 11.5 Å². The molecular formula is C12H12F2N2S. The van der Waals surface area contributed by atoms with Gasteiger partial charge in [-0.25, -0.2) is 13.8 Å². The maximum atomic E-state index is 13.5. The number of rotatable bonds is 4. The molecule has 1 heterocycles. The van der Waals surface area contributed by atoms with Crippen molar-refractivity contribution in [1.29, 1.82) is 0 Å². The van der Waals surface area contributed by atoms with E-state index in [0.29, 0.717) is 10.0 Å². The standard InChI is InChI=1S/C12H12F2N2S/c1-2-6-15-12-16-7-10(17-12)11-8(13)4-3-5-9(11)14/h3-5,7H,2,6H2,1H3,(H,15,16). The molecule has 0 spiro atoms. The minimum Gasteiger partial charge on any atom is -0.362 e. The van der Waals surface area contributed by atoms with Crippen molar-refractivity contribution >= 4 is 16.5 Å². The van der Waals surface area contributed by atoms with Gasteiger partial charge in [-0.1, -0.05) is 24.3 Å². The molecule has 0 saturated heterocycles. The summed E-state index contributed by atoms with van der Waals surface area (Å²) in [5.74, 6) is -1.12. The van der Waals surface area contributed by atoms with Crippen molar-refractivity contribution in [3.8, 4) is 10.4 Å². The van der Waals surface area contributed by atoms with E-state index in [4.69, 9.17) is 0 Å². The highest BCUT2D eigenvalue weighted by atomic mass is 32.1. The molecule has 1 aromatic carbocycles. The highest BCUT2D eigenvalue weighted by Crippen LogP contribution is 2.32. The molecule has 1 N–H and O–H groups in total.